The van der Waals surface area contributed by atoms with Gasteiger partial charge in [0.05, 0.1) is 0 Å². The molecule has 0 spiro atoms. The fourth-order valence-electron chi connectivity index (χ4n) is 8.60. The van der Waals surface area contributed by atoms with E-state index in [1.165, 1.54) is 11.3 Å². The normalized spacial score (nSPS) is 15.3. The van der Waals surface area contributed by atoms with E-state index in [2.05, 4.69) is 219 Å². The molecule has 0 bridgehead atoms. The molecule has 9 heteroatoms. The fraction of sp³-hybridized carbons (Fsp3) is 0.429. The average molecular weight is 962 g/mol. The Hall–Kier alpha value is -3.55. The molecule has 0 saturated carbocycles. The maximum absolute atomic E-state index is 14.1. The van der Waals surface area contributed by atoms with Gasteiger partial charge in [-0.1, -0.05) is 119 Å². The lowest BCUT2D eigenvalue weighted by molar-refractivity contribution is 0.132. The number of hydrogen-bond acceptors (Lipinski definition) is 7. The quantitative estimate of drug-likeness (QED) is 0.134. The van der Waals surface area contributed by atoms with Gasteiger partial charge in [0.2, 0.25) is 16.6 Å². The Labute approximate surface area is 404 Å². The first-order chi connectivity index (χ1) is 29.7. The Morgan fingerprint density at radius 3 is 0.938 bits per heavy atom. The molecular formula is C56H72O4S3Si2. The van der Waals surface area contributed by atoms with Gasteiger partial charge in [0.1, 0.15) is 11.5 Å². The molecule has 2 atom stereocenters. The van der Waals surface area contributed by atoms with Gasteiger partial charge >= 0.3 is 0 Å². The largest absolute Gasteiger partial charge is 0.544 e. The Morgan fingerprint density at radius 2 is 0.677 bits per heavy atom. The zero-order valence-electron chi connectivity index (χ0n) is 42.2. The van der Waals surface area contributed by atoms with Crippen LogP contribution in [0.4, 0.5) is 0 Å². The van der Waals surface area contributed by atoms with Gasteiger partial charge in [0.15, 0.2) is 11.2 Å². The number of benzene rings is 4. The van der Waals surface area contributed by atoms with Crippen LogP contribution >= 0.6 is 34.0 Å². The van der Waals surface area contributed by atoms with Gasteiger partial charge in [-0.2, -0.15) is 0 Å². The first kappa shape index (κ1) is 49.4. The summed E-state index contributed by atoms with van der Waals surface area (Å²) < 4.78 is 16.3. The highest BCUT2D eigenvalue weighted by Gasteiger charge is 2.45. The van der Waals surface area contributed by atoms with Crippen molar-refractivity contribution in [2.75, 3.05) is 0 Å². The van der Waals surface area contributed by atoms with Gasteiger partial charge in [-0.15, -0.1) is 34.0 Å². The number of thiophene rings is 3. The number of aliphatic hydroxyl groups is 2. The molecule has 0 aliphatic carbocycles. The first-order valence-electron chi connectivity index (χ1n) is 23.0. The summed E-state index contributed by atoms with van der Waals surface area (Å²) in [5, 5.41) is 30.4. The monoisotopic (exact) mass is 960 g/mol. The van der Waals surface area contributed by atoms with E-state index >= 15 is 0 Å². The first-order valence-corrected chi connectivity index (χ1v) is 32.3. The Morgan fingerprint density at radius 1 is 0.385 bits per heavy atom. The van der Waals surface area contributed by atoms with Crippen molar-refractivity contribution in [2.24, 2.45) is 0 Å². The average Bonchev–Trinajstić information content (AvgIpc) is 3.94. The molecule has 2 unspecified atom stereocenters. The van der Waals surface area contributed by atoms with E-state index in [0.717, 1.165) is 84.6 Å². The molecule has 7 rings (SSSR count). The lowest BCUT2D eigenvalue weighted by Gasteiger charge is -2.37. The summed E-state index contributed by atoms with van der Waals surface area (Å²) in [5.41, 5.74) is 1.54. The Bertz CT molecular complexity index is 2550. The maximum atomic E-state index is 14.1. The topological polar surface area (TPSA) is 58.9 Å². The van der Waals surface area contributed by atoms with Gasteiger partial charge in [-0.3, -0.25) is 0 Å². The highest BCUT2D eigenvalue weighted by molar-refractivity contribution is 7.20. The summed E-state index contributed by atoms with van der Waals surface area (Å²) in [5.74, 6) is 1.87. The van der Waals surface area contributed by atoms with E-state index < -0.39 is 27.8 Å². The Balaban J connectivity index is 1.58. The molecule has 346 valence electrons. The second-order valence-corrected chi connectivity index (χ2v) is 36.2. The standard InChI is InChI=1S/C56H72O4S3Si2/c1-51(2,3)39-31-37(32-40(52(4,5)6)49(39)59-64(13,14)15)55(57,47-29-35-23-19-21-25-43(35)61-47)45-27-28-46(63-45)56(58,48-30-36-24-20-22-26-44(36)62-48)38-33-41(53(7,8)9)50(60-65(16,17)18)42(34-38)54(10,11)12/h19-34,57-58H,1-18H3. The molecule has 0 fully saturated rings. The molecule has 65 heavy (non-hydrogen) atoms. The molecule has 0 amide bonds. The van der Waals surface area contributed by atoms with Crippen LogP contribution in [0.2, 0.25) is 39.3 Å². The summed E-state index contributed by atoms with van der Waals surface area (Å²) in [6.07, 6.45) is 0. The van der Waals surface area contributed by atoms with Gasteiger partial charge in [-0.05, 0) is 166 Å². The molecule has 0 saturated heterocycles. The van der Waals surface area contributed by atoms with E-state index in [4.69, 9.17) is 8.85 Å². The van der Waals surface area contributed by atoms with Crippen molar-refractivity contribution in [3.8, 4) is 11.5 Å². The molecule has 4 aromatic carbocycles. The van der Waals surface area contributed by atoms with Crippen molar-refractivity contribution < 1.29 is 19.1 Å². The minimum absolute atomic E-state index is 0.297. The zero-order chi connectivity index (χ0) is 48.1. The molecule has 0 radical (unpaired) electrons. The summed E-state index contributed by atoms with van der Waals surface area (Å²) in [6, 6.07) is 34.0. The minimum Gasteiger partial charge on any atom is -0.544 e. The highest BCUT2D eigenvalue weighted by Crippen LogP contribution is 2.54. The van der Waals surface area contributed by atoms with E-state index in [0.29, 0.717) is 0 Å². The minimum atomic E-state index is -2.07. The molecule has 4 nitrogen and oxygen atoms in total. The van der Waals surface area contributed by atoms with E-state index in [-0.39, 0.29) is 21.7 Å². The van der Waals surface area contributed by atoms with Gasteiger partial charge in [0.25, 0.3) is 0 Å². The molecule has 7 aromatic rings. The predicted octanol–water partition coefficient (Wildman–Crippen LogP) is 16.4. The molecular weight excluding hydrogens is 889 g/mol. The summed E-state index contributed by atoms with van der Waals surface area (Å²) >= 11 is 4.74. The van der Waals surface area contributed by atoms with E-state index in [1.807, 2.05) is 0 Å². The van der Waals surface area contributed by atoms with Crippen LogP contribution in [0.25, 0.3) is 20.2 Å². The second-order valence-electron chi connectivity index (χ2n) is 24.1. The molecule has 2 N–H and O–H groups in total. The van der Waals surface area contributed by atoms with Gasteiger partial charge in [-0.25, -0.2) is 0 Å². The van der Waals surface area contributed by atoms with Crippen molar-refractivity contribution in [2.45, 2.75) is 155 Å². The van der Waals surface area contributed by atoms with Crippen LogP contribution in [0.5, 0.6) is 11.5 Å². The van der Waals surface area contributed by atoms with Crippen LogP contribution in [-0.4, -0.2) is 26.8 Å². The molecule has 0 aliphatic heterocycles. The molecule has 3 aromatic heterocycles. The van der Waals surface area contributed by atoms with E-state index in [1.54, 1.807) is 22.7 Å². The van der Waals surface area contributed by atoms with Crippen molar-refractivity contribution in [1.29, 1.82) is 0 Å². The number of fused-ring (bicyclic) bond motifs is 2. The van der Waals surface area contributed by atoms with Gasteiger partial charge in [0, 0.05) is 28.9 Å². The fourth-order valence-corrected chi connectivity index (χ4v) is 14.0. The molecule has 3 heterocycles. The van der Waals surface area contributed by atoms with Crippen LogP contribution < -0.4 is 8.85 Å². The second kappa shape index (κ2) is 16.6. The third-order valence-corrected chi connectivity index (χ3v) is 17.3. The van der Waals surface area contributed by atoms with Crippen molar-refractivity contribution in [1.82, 2.24) is 0 Å². The lowest BCUT2D eigenvalue weighted by Crippen LogP contribution is -2.34. The Kier molecular flexibility index (Phi) is 12.6. The van der Waals surface area contributed by atoms with Gasteiger partial charge < -0.3 is 19.1 Å². The van der Waals surface area contributed by atoms with Crippen molar-refractivity contribution in [3.63, 3.8) is 0 Å². The van der Waals surface area contributed by atoms with Crippen LogP contribution in [0.1, 0.15) is 136 Å². The summed E-state index contributed by atoms with van der Waals surface area (Å²) in [6.45, 7) is 40.3. The number of rotatable bonds is 10. The zero-order valence-corrected chi connectivity index (χ0v) is 46.6. The van der Waals surface area contributed by atoms with Crippen LogP contribution in [0.15, 0.2) is 97.1 Å². The predicted molar refractivity (Wildman–Crippen MR) is 288 cm³/mol. The lowest BCUT2D eigenvalue weighted by atomic mass is 9.75. The third-order valence-electron chi connectivity index (χ3n) is 11.9. The van der Waals surface area contributed by atoms with Crippen LogP contribution in [-0.2, 0) is 32.9 Å². The maximum Gasteiger partial charge on any atom is 0.242 e. The highest BCUT2D eigenvalue weighted by atomic mass is 32.1. The number of hydrogen-bond donors (Lipinski definition) is 2. The van der Waals surface area contributed by atoms with E-state index in [9.17, 15) is 10.2 Å². The smallest absolute Gasteiger partial charge is 0.242 e. The SMILES string of the molecule is CC(C)(C)c1cc(C(O)(c2ccc(C(O)(c3cc(C(C)(C)C)c(O[Si](C)(C)C)c(C(C)(C)C)c3)c3cc4ccccc4s3)s2)c2cc3ccccc3s2)cc(C(C)(C)C)c1O[Si](C)(C)C. The molecule has 0 aliphatic rings. The van der Waals surface area contributed by atoms with Crippen LogP contribution in [0, 0.1) is 0 Å². The van der Waals surface area contributed by atoms with Crippen LogP contribution in [0.3, 0.4) is 0 Å². The van der Waals surface area contributed by atoms with Crippen molar-refractivity contribution >= 4 is 70.8 Å². The summed E-state index contributed by atoms with van der Waals surface area (Å²) in [4.78, 5) is 3.13. The third kappa shape index (κ3) is 9.76. The van der Waals surface area contributed by atoms with Crippen molar-refractivity contribution in [3.05, 3.63) is 150 Å². The summed E-state index contributed by atoms with van der Waals surface area (Å²) in [7, 11) is -4.13.